The summed E-state index contributed by atoms with van der Waals surface area (Å²) in [7, 11) is 4.19. The largest absolute Gasteiger partial charge is 0.406 e. The van der Waals surface area contributed by atoms with E-state index >= 15 is 0 Å². The normalized spacial score (nSPS) is 16.9. The number of pyridine rings is 2. The van der Waals surface area contributed by atoms with Crippen molar-refractivity contribution in [3.63, 3.8) is 0 Å². The van der Waals surface area contributed by atoms with Crippen molar-refractivity contribution in [1.82, 2.24) is 19.4 Å². The van der Waals surface area contributed by atoms with Crippen LogP contribution in [-0.4, -0.2) is 64.2 Å². The summed E-state index contributed by atoms with van der Waals surface area (Å²) in [5, 5.41) is 10.1. The predicted octanol–water partition coefficient (Wildman–Crippen LogP) is 5.99. The highest BCUT2D eigenvalue weighted by Crippen LogP contribution is 2.32. The first kappa shape index (κ1) is 29.9. The van der Waals surface area contributed by atoms with Gasteiger partial charge in [-0.1, -0.05) is 12.0 Å². The molecule has 0 atom stereocenters. The van der Waals surface area contributed by atoms with Crippen LogP contribution in [0.4, 0.5) is 30.2 Å². The van der Waals surface area contributed by atoms with Crippen molar-refractivity contribution >= 4 is 33.9 Å². The molecule has 0 bridgehead atoms. The lowest BCUT2D eigenvalue weighted by molar-refractivity contribution is -0.140. The Balaban J connectivity index is 1.27. The van der Waals surface area contributed by atoms with Crippen molar-refractivity contribution < 1.29 is 18.0 Å². The molecule has 1 aliphatic rings. The lowest BCUT2D eigenvalue weighted by Gasteiger charge is -2.33. The molecule has 4 aromatic rings. The van der Waals surface area contributed by atoms with E-state index in [1.165, 1.54) is 17.0 Å². The monoisotopic (exact) mass is 589 g/mol. The van der Waals surface area contributed by atoms with Crippen LogP contribution in [0.1, 0.15) is 41.9 Å². The van der Waals surface area contributed by atoms with Gasteiger partial charge in [-0.25, -0.2) is 4.98 Å². The van der Waals surface area contributed by atoms with Gasteiger partial charge in [0.15, 0.2) is 0 Å². The molecule has 8 nitrogen and oxygen atoms in total. The highest BCUT2D eigenvalue weighted by atomic mass is 19.4. The second-order valence-electron chi connectivity index (χ2n) is 10.9. The molecule has 0 saturated heterocycles. The molecule has 1 fully saturated rings. The highest BCUT2D eigenvalue weighted by molar-refractivity contribution is 6.02. The third kappa shape index (κ3) is 7.84. The van der Waals surface area contributed by atoms with Gasteiger partial charge in [-0.2, -0.15) is 13.2 Å². The van der Waals surface area contributed by atoms with Crippen molar-refractivity contribution in [2.24, 2.45) is 0 Å². The fraction of sp³-hybridized carbons (Fsp3) is 0.344. The second kappa shape index (κ2) is 13.2. The van der Waals surface area contributed by atoms with E-state index < -0.39 is 12.7 Å². The summed E-state index contributed by atoms with van der Waals surface area (Å²) in [5.41, 5.74) is 3.02. The fourth-order valence-electron chi connectivity index (χ4n) is 5.37. The van der Waals surface area contributed by atoms with Crippen LogP contribution in [0.15, 0.2) is 67.1 Å². The van der Waals surface area contributed by atoms with Gasteiger partial charge in [0.05, 0.1) is 41.5 Å². The quantitative estimate of drug-likeness (QED) is 0.219. The predicted molar refractivity (Wildman–Crippen MR) is 163 cm³/mol. The maximum atomic E-state index is 13.6. The molecule has 3 heterocycles. The van der Waals surface area contributed by atoms with Crippen molar-refractivity contribution in [2.75, 3.05) is 36.6 Å². The number of carbonyl (C=O) groups excluding carboxylic acids is 1. The van der Waals surface area contributed by atoms with Crippen LogP contribution in [0, 0.1) is 11.8 Å². The van der Waals surface area contributed by atoms with Gasteiger partial charge in [0, 0.05) is 29.4 Å². The Bertz CT molecular complexity index is 1600. The van der Waals surface area contributed by atoms with Crippen molar-refractivity contribution in [3.8, 4) is 11.8 Å². The number of hydrogen-bond donors (Lipinski definition) is 3. The third-order valence-electron chi connectivity index (χ3n) is 7.58. The molecule has 11 heteroatoms. The number of hydrogen-bond acceptors (Lipinski definition) is 6. The van der Waals surface area contributed by atoms with E-state index in [1.54, 1.807) is 48.7 Å². The Morgan fingerprint density at radius 1 is 1.05 bits per heavy atom. The SMILES string of the molecule is CN(C)[C@H]1CC[C@H](Nc2cccc3c2cc(C#CCNc2ccc(C(=O)Nc4cccnc4)nc2)n3CC(F)(F)F)CC1. The summed E-state index contributed by atoms with van der Waals surface area (Å²) >= 11 is 0. The average molecular weight is 590 g/mol. The Morgan fingerprint density at radius 3 is 2.53 bits per heavy atom. The Kier molecular flexibility index (Phi) is 9.16. The first-order valence-electron chi connectivity index (χ1n) is 14.2. The summed E-state index contributed by atoms with van der Waals surface area (Å²) in [5.74, 6) is 5.49. The Hall–Kier alpha value is -4.56. The maximum Gasteiger partial charge on any atom is 0.406 e. The first-order chi connectivity index (χ1) is 20.7. The first-order valence-corrected chi connectivity index (χ1v) is 14.2. The standard InChI is InChI=1S/C32H34F3N7O/c1-41(2)25-13-10-22(11-14-25)39-28-8-3-9-30-27(28)18-26(42(30)21-32(33,34)35)7-5-17-37-23-12-15-29(38-20-23)31(43)40-24-6-4-16-36-19-24/h3-4,6,8-9,12,15-16,18-20,22,25,37,39H,10-11,13-14,17,21H2,1-2H3,(H,40,43)/t22-,25-. The number of rotatable bonds is 8. The highest BCUT2D eigenvalue weighted by Gasteiger charge is 2.30. The number of aromatic nitrogens is 3. The van der Waals surface area contributed by atoms with E-state index in [4.69, 9.17) is 0 Å². The van der Waals surface area contributed by atoms with Crippen LogP contribution in [-0.2, 0) is 6.54 Å². The number of nitrogens with one attached hydrogen (secondary N) is 3. The molecule has 0 spiro atoms. The zero-order valence-corrected chi connectivity index (χ0v) is 24.1. The van der Waals surface area contributed by atoms with Crippen LogP contribution in [0.3, 0.4) is 0 Å². The van der Waals surface area contributed by atoms with E-state index in [2.05, 4.69) is 56.8 Å². The van der Waals surface area contributed by atoms with E-state index in [-0.39, 0.29) is 24.2 Å². The van der Waals surface area contributed by atoms with Gasteiger partial charge < -0.3 is 25.4 Å². The summed E-state index contributed by atoms with van der Waals surface area (Å²) in [6, 6.07) is 14.7. The van der Waals surface area contributed by atoms with Crippen LogP contribution in [0.5, 0.6) is 0 Å². The lowest BCUT2D eigenvalue weighted by Crippen LogP contribution is -2.36. The molecule has 3 N–H and O–H groups in total. The lowest BCUT2D eigenvalue weighted by atomic mass is 9.90. The molecule has 43 heavy (non-hydrogen) atoms. The van der Waals surface area contributed by atoms with Crippen molar-refractivity contribution in [1.29, 1.82) is 0 Å². The van der Waals surface area contributed by atoms with Crippen LogP contribution in [0.2, 0.25) is 0 Å². The van der Waals surface area contributed by atoms with Gasteiger partial charge in [-0.15, -0.1) is 0 Å². The van der Waals surface area contributed by atoms with Gasteiger partial charge in [-0.3, -0.25) is 9.78 Å². The molecule has 0 aliphatic heterocycles. The van der Waals surface area contributed by atoms with Gasteiger partial charge in [0.2, 0.25) is 0 Å². The molecule has 224 valence electrons. The smallest absolute Gasteiger partial charge is 0.382 e. The number of nitrogens with zero attached hydrogens (tertiary/aromatic N) is 4. The van der Waals surface area contributed by atoms with Gasteiger partial charge in [0.25, 0.3) is 5.91 Å². The minimum Gasteiger partial charge on any atom is -0.382 e. The molecule has 0 unspecified atom stereocenters. The number of carbonyl (C=O) groups is 1. The number of amides is 1. The van der Waals surface area contributed by atoms with Crippen molar-refractivity contribution in [2.45, 2.75) is 50.5 Å². The molecule has 1 amide bonds. The number of anilines is 3. The number of benzene rings is 1. The van der Waals surface area contributed by atoms with E-state index in [1.807, 2.05) is 6.07 Å². The summed E-state index contributed by atoms with van der Waals surface area (Å²) in [6.07, 6.45) is 4.43. The molecule has 1 saturated carbocycles. The molecule has 1 aliphatic carbocycles. The van der Waals surface area contributed by atoms with E-state index in [0.717, 1.165) is 36.8 Å². The van der Waals surface area contributed by atoms with Crippen LogP contribution >= 0.6 is 0 Å². The maximum absolute atomic E-state index is 13.6. The van der Waals surface area contributed by atoms with E-state index in [9.17, 15) is 18.0 Å². The minimum atomic E-state index is -4.40. The molecular formula is C32H34F3N7O. The Morgan fingerprint density at radius 2 is 1.86 bits per heavy atom. The topological polar surface area (TPSA) is 87.1 Å². The average Bonchev–Trinajstić information content (AvgIpc) is 3.33. The van der Waals surface area contributed by atoms with Gasteiger partial charge in [-0.05, 0) is 88.2 Å². The molecule has 5 rings (SSSR count). The van der Waals surface area contributed by atoms with E-state index in [0.29, 0.717) is 28.6 Å². The Labute approximate surface area is 248 Å². The molecule has 1 aromatic carbocycles. The molecular weight excluding hydrogens is 555 g/mol. The number of halogens is 3. The van der Waals surface area contributed by atoms with Crippen molar-refractivity contribution in [3.05, 3.63) is 78.5 Å². The summed E-state index contributed by atoms with van der Waals surface area (Å²) in [6.45, 7) is -0.950. The summed E-state index contributed by atoms with van der Waals surface area (Å²) < 4.78 is 42.0. The number of alkyl halides is 3. The third-order valence-corrected chi connectivity index (χ3v) is 7.58. The van der Waals surface area contributed by atoms with Gasteiger partial charge in [0.1, 0.15) is 12.2 Å². The zero-order valence-electron chi connectivity index (χ0n) is 24.1. The fourth-order valence-corrected chi connectivity index (χ4v) is 5.37. The van der Waals surface area contributed by atoms with Crippen LogP contribution in [0.25, 0.3) is 10.9 Å². The number of fused-ring (bicyclic) bond motifs is 1. The minimum absolute atomic E-state index is 0.177. The zero-order chi connectivity index (χ0) is 30.4. The van der Waals surface area contributed by atoms with Crippen LogP contribution < -0.4 is 16.0 Å². The molecule has 0 radical (unpaired) electrons. The van der Waals surface area contributed by atoms with Gasteiger partial charge >= 0.3 is 6.18 Å². The molecule has 3 aromatic heterocycles. The summed E-state index contributed by atoms with van der Waals surface area (Å²) in [4.78, 5) is 22.8. The second-order valence-corrected chi connectivity index (χ2v) is 10.9.